The molecule has 1 aliphatic heterocycles. The number of benzene rings is 1. The van der Waals surface area contributed by atoms with Crippen molar-refractivity contribution in [3.05, 3.63) is 77.5 Å². The number of carbonyl (C=O) groups is 1. The highest BCUT2D eigenvalue weighted by Crippen LogP contribution is 2.29. The van der Waals surface area contributed by atoms with Gasteiger partial charge >= 0.3 is 5.97 Å². The Morgan fingerprint density at radius 2 is 2.08 bits per heavy atom. The SMILES string of the molecule is CS(=O)(=O)NCc1cncc(C(CC(=O)O)n2ncc3cc(OCCc4ccc5c(n4)CCCN5)ccc32)c1. The summed E-state index contributed by atoms with van der Waals surface area (Å²) in [4.78, 5) is 20.7. The van der Waals surface area contributed by atoms with E-state index in [4.69, 9.17) is 9.72 Å². The third-order valence-corrected chi connectivity index (χ3v) is 7.20. The molecule has 12 heteroatoms. The Morgan fingerprint density at radius 3 is 2.90 bits per heavy atom. The number of nitrogens with zero attached hydrogens (tertiary/aromatic N) is 4. The van der Waals surface area contributed by atoms with Crippen LogP contribution in [0.5, 0.6) is 5.75 Å². The average Bonchev–Trinajstić information content (AvgIpc) is 3.33. The Hall–Kier alpha value is -4.03. The third kappa shape index (κ3) is 6.70. The molecule has 1 aliphatic rings. The highest BCUT2D eigenvalue weighted by Gasteiger charge is 2.22. The normalized spacial score (nSPS) is 14.0. The highest BCUT2D eigenvalue weighted by molar-refractivity contribution is 7.88. The lowest BCUT2D eigenvalue weighted by atomic mass is 10.0. The maximum Gasteiger partial charge on any atom is 0.305 e. The van der Waals surface area contributed by atoms with E-state index in [2.05, 4.69) is 26.2 Å². The van der Waals surface area contributed by atoms with Crippen molar-refractivity contribution < 1.29 is 23.1 Å². The predicted molar refractivity (Wildman–Crippen MR) is 146 cm³/mol. The summed E-state index contributed by atoms with van der Waals surface area (Å²) in [5.74, 6) is -0.304. The molecule has 204 valence electrons. The molecule has 0 bridgehead atoms. The van der Waals surface area contributed by atoms with Gasteiger partial charge in [-0.1, -0.05) is 0 Å². The van der Waals surface area contributed by atoms with Crippen LogP contribution in [0.25, 0.3) is 10.9 Å². The lowest BCUT2D eigenvalue weighted by Crippen LogP contribution is -2.22. The van der Waals surface area contributed by atoms with E-state index in [0.717, 1.165) is 53.6 Å². The number of aromatic nitrogens is 4. The predicted octanol–water partition coefficient (Wildman–Crippen LogP) is 2.92. The largest absolute Gasteiger partial charge is 0.493 e. The van der Waals surface area contributed by atoms with Crippen LogP contribution < -0.4 is 14.8 Å². The van der Waals surface area contributed by atoms with Crippen LogP contribution in [0.1, 0.15) is 41.4 Å². The first kappa shape index (κ1) is 26.6. The highest BCUT2D eigenvalue weighted by atomic mass is 32.2. The smallest absolute Gasteiger partial charge is 0.305 e. The number of fused-ring (bicyclic) bond motifs is 2. The maximum atomic E-state index is 11.7. The molecule has 0 amide bonds. The van der Waals surface area contributed by atoms with Crippen molar-refractivity contribution in [1.29, 1.82) is 0 Å². The second-order valence-corrected chi connectivity index (χ2v) is 11.4. The first-order valence-corrected chi connectivity index (χ1v) is 14.6. The summed E-state index contributed by atoms with van der Waals surface area (Å²) in [5.41, 5.74) is 5.19. The van der Waals surface area contributed by atoms with Gasteiger partial charge in [0.15, 0.2) is 0 Å². The van der Waals surface area contributed by atoms with Crippen molar-refractivity contribution in [2.45, 2.75) is 38.3 Å². The van der Waals surface area contributed by atoms with Gasteiger partial charge in [0.05, 0.1) is 48.4 Å². The van der Waals surface area contributed by atoms with Gasteiger partial charge in [-0.25, -0.2) is 13.1 Å². The lowest BCUT2D eigenvalue weighted by Gasteiger charge is -2.18. The molecule has 4 heterocycles. The minimum Gasteiger partial charge on any atom is -0.493 e. The van der Waals surface area contributed by atoms with Gasteiger partial charge in [0, 0.05) is 43.0 Å². The van der Waals surface area contributed by atoms with E-state index in [9.17, 15) is 18.3 Å². The first-order chi connectivity index (χ1) is 18.7. The van der Waals surface area contributed by atoms with Crippen molar-refractivity contribution in [3.8, 4) is 5.75 Å². The van der Waals surface area contributed by atoms with Crippen LogP contribution in [0.3, 0.4) is 0 Å². The molecule has 0 fully saturated rings. The second kappa shape index (κ2) is 11.4. The number of hydrogen-bond donors (Lipinski definition) is 3. The molecule has 1 aromatic carbocycles. The molecule has 0 saturated carbocycles. The zero-order chi connectivity index (χ0) is 27.4. The van der Waals surface area contributed by atoms with Crippen molar-refractivity contribution in [3.63, 3.8) is 0 Å². The van der Waals surface area contributed by atoms with Crippen LogP contribution >= 0.6 is 0 Å². The number of sulfonamides is 1. The fourth-order valence-corrected chi connectivity index (χ4v) is 5.10. The molecule has 11 nitrogen and oxygen atoms in total. The fraction of sp³-hybridized carbons (Fsp3) is 0.333. The number of rotatable bonds is 11. The van der Waals surface area contributed by atoms with Gasteiger partial charge in [-0.05, 0) is 60.4 Å². The summed E-state index contributed by atoms with van der Waals surface area (Å²) in [6.45, 7) is 1.51. The van der Waals surface area contributed by atoms with Gasteiger partial charge < -0.3 is 15.2 Å². The quantitative estimate of drug-likeness (QED) is 0.256. The molecule has 3 N–H and O–H groups in total. The number of nitrogens with one attached hydrogen (secondary N) is 2. The topological polar surface area (TPSA) is 148 Å². The number of anilines is 1. The van der Waals surface area contributed by atoms with E-state index >= 15 is 0 Å². The molecule has 39 heavy (non-hydrogen) atoms. The van der Waals surface area contributed by atoms with E-state index in [0.29, 0.717) is 29.9 Å². The van der Waals surface area contributed by atoms with E-state index in [1.54, 1.807) is 29.3 Å². The standard InChI is InChI=1S/C27H30N6O5S/c1-39(36,37)31-15-18-11-19(16-28-14-18)26(13-27(34)35)33-25-7-5-22(12-20(25)17-30-33)38-10-8-21-4-6-23-24(32-21)3-2-9-29-23/h4-7,11-12,14,16-17,26,29,31H,2-3,8-10,13,15H2,1H3,(H,34,35). The molecule has 0 radical (unpaired) electrons. The molecule has 3 aromatic heterocycles. The van der Waals surface area contributed by atoms with Gasteiger partial charge in [0.1, 0.15) is 5.75 Å². The van der Waals surface area contributed by atoms with Gasteiger partial charge in [0.2, 0.25) is 10.0 Å². The number of aliphatic carboxylic acids is 1. The third-order valence-electron chi connectivity index (χ3n) is 6.53. The molecule has 1 unspecified atom stereocenters. The van der Waals surface area contributed by atoms with Crippen LogP contribution in [0.15, 0.2) is 55.0 Å². The van der Waals surface area contributed by atoms with E-state index in [1.165, 1.54) is 0 Å². The summed E-state index contributed by atoms with van der Waals surface area (Å²) >= 11 is 0. The van der Waals surface area contributed by atoms with E-state index in [1.807, 2.05) is 24.3 Å². The van der Waals surface area contributed by atoms with E-state index in [-0.39, 0.29) is 13.0 Å². The lowest BCUT2D eigenvalue weighted by molar-refractivity contribution is -0.137. The van der Waals surface area contributed by atoms with Crippen molar-refractivity contribution in [2.75, 3.05) is 24.7 Å². The Kier molecular flexibility index (Phi) is 7.75. The Labute approximate surface area is 226 Å². The number of aryl methyl sites for hydroxylation is 1. The van der Waals surface area contributed by atoms with Crippen LogP contribution in [0, 0.1) is 0 Å². The van der Waals surface area contributed by atoms with Crippen molar-refractivity contribution in [2.24, 2.45) is 0 Å². The number of carboxylic acid groups (broad SMARTS) is 1. The summed E-state index contributed by atoms with van der Waals surface area (Å²) in [6, 6.07) is 10.8. The molecule has 0 spiro atoms. The van der Waals surface area contributed by atoms with Crippen LogP contribution in [-0.4, -0.2) is 58.6 Å². The Bertz CT molecular complexity index is 1600. The minimum atomic E-state index is -3.38. The minimum absolute atomic E-state index is 0.0535. The molecule has 1 atom stereocenters. The Balaban J connectivity index is 1.31. The first-order valence-electron chi connectivity index (χ1n) is 12.7. The van der Waals surface area contributed by atoms with Gasteiger partial charge in [-0.3, -0.25) is 19.4 Å². The maximum absolute atomic E-state index is 11.7. The zero-order valence-electron chi connectivity index (χ0n) is 21.5. The van der Waals surface area contributed by atoms with Gasteiger partial charge in [0.25, 0.3) is 0 Å². The number of ether oxygens (including phenoxy) is 1. The summed E-state index contributed by atoms with van der Waals surface area (Å²) in [5, 5.41) is 18.3. The summed E-state index contributed by atoms with van der Waals surface area (Å²) < 4.78 is 33.0. The monoisotopic (exact) mass is 550 g/mol. The summed E-state index contributed by atoms with van der Waals surface area (Å²) in [7, 11) is -3.38. The zero-order valence-corrected chi connectivity index (χ0v) is 22.3. The molecular weight excluding hydrogens is 520 g/mol. The van der Waals surface area contributed by atoms with Gasteiger partial charge in [-0.15, -0.1) is 0 Å². The van der Waals surface area contributed by atoms with Crippen molar-refractivity contribution >= 4 is 32.6 Å². The number of pyridine rings is 2. The molecule has 4 aromatic rings. The Morgan fingerprint density at radius 1 is 1.21 bits per heavy atom. The molecule has 0 saturated heterocycles. The van der Waals surface area contributed by atoms with Crippen LogP contribution in [0.2, 0.25) is 0 Å². The van der Waals surface area contributed by atoms with Crippen LogP contribution in [-0.2, 0) is 34.2 Å². The van der Waals surface area contributed by atoms with E-state index < -0.39 is 22.0 Å². The average molecular weight is 551 g/mol. The number of carboxylic acids is 1. The van der Waals surface area contributed by atoms with Crippen molar-refractivity contribution in [1.82, 2.24) is 24.5 Å². The van der Waals surface area contributed by atoms with Crippen LogP contribution in [0.4, 0.5) is 5.69 Å². The fourth-order valence-electron chi connectivity index (χ4n) is 4.67. The van der Waals surface area contributed by atoms with Gasteiger partial charge in [-0.2, -0.15) is 5.10 Å². The molecule has 0 aliphatic carbocycles. The molecule has 5 rings (SSSR count). The second-order valence-electron chi connectivity index (χ2n) is 9.57. The summed E-state index contributed by atoms with van der Waals surface area (Å²) in [6.07, 6.45) is 8.41. The number of hydrogen-bond acceptors (Lipinski definition) is 8. The molecular formula is C27H30N6O5S.